The molecule has 0 unspecified atom stereocenters. The van der Waals surface area contributed by atoms with E-state index in [4.69, 9.17) is 9.47 Å². The summed E-state index contributed by atoms with van der Waals surface area (Å²) in [6.45, 7) is 6.11. The van der Waals surface area contributed by atoms with Crippen LogP contribution in [0.4, 0.5) is 11.4 Å². The molecule has 0 radical (unpaired) electrons. The predicted octanol–water partition coefficient (Wildman–Crippen LogP) is 3.24. The van der Waals surface area contributed by atoms with Crippen LogP contribution in [0, 0.1) is 0 Å². The van der Waals surface area contributed by atoms with Gasteiger partial charge < -0.3 is 24.6 Å². The number of nitrogens with zero attached hydrogens (tertiary/aromatic N) is 2. The van der Waals surface area contributed by atoms with Crippen molar-refractivity contribution in [2.24, 2.45) is 0 Å². The summed E-state index contributed by atoms with van der Waals surface area (Å²) in [6.07, 6.45) is 0.00649. The number of hydrogen-bond donors (Lipinski definition) is 1. The van der Waals surface area contributed by atoms with Crippen LogP contribution in [-0.2, 0) is 4.79 Å². The first kappa shape index (κ1) is 20.0. The fraction of sp³-hybridized carbons (Fsp3) is 0.409. The van der Waals surface area contributed by atoms with Crippen molar-refractivity contribution < 1.29 is 14.3 Å². The number of carbonyl (C=O) groups excluding carboxylic acids is 1. The Hall–Kier alpha value is -2.73. The molecule has 150 valence electrons. The molecule has 6 heteroatoms. The van der Waals surface area contributed by atoms with Crippen LogP contribution >= 0.6 is 0 Å². The molecule has 1 atom stereocenters. The van der Waals surface area contributed by atoms with E-state index in [1.54, 1.807) is 13.2 Å². The summed E-state index contributed by atoms with van der Waals surface area (Å²) < 4.78 is 11.1. The van der Waals surface area contributed by atoms with Gasteiger partial charge in [-0.15, -0.1) is 0 Å². The highest BCUT2D eigenvalue weighted by Crippen LogP contribution is 2.22. The van der Waals surface area contributed by atoms with E-state index < -0.39 is 6.10 Å². The predicted molar refractivity (Wildman–Crippen MR) is 112 cm³/mol. The maximum atomic E-state index is 12.6. The van der Waals surface area contributed by atoms with Crippen molar-refractivity contribution in [2.75, 3.05) is 50.6 Å². The van der Waals surface area contributed by atoms with Crippen molar-refractivity contribution in [3.63, 3.8) is 0 Å². The topological polar surface area (TPSA) is 54.0 Å². The van der Waals surface area contributed by atoms with Crippen molar-refractivity contribution in [3.8, 4) is 11.5 Å². The number of piperazine rings is 1. The summed E-state index contributed by atoms with van der Waals surface area (Å²) in [5.74, 6) is 1.16. The third-order valence-corrected chi connectivity index (χ3v) is 4.99. The minimum atomic E-state index is -0.565. The summed E-state index contributed by atoms with van der Waals surface area (Å²) in [5.41, 5.74) is 1.96. The zero-order valence-electron chi connectivity index (χ0n) is 16.9. The molecule has 0 aromatic heterocycles. The lowest BCUT2D eigenvalue weighted by molar-refractivity contribution is -0.122. The normalized spacial score (nSPS) is 15.8. The van der Waals surface area contributed by atoms with Gasteiger partial charge in [-0.25, -0.2) is 0 Å². The number of nitrogens with one attached hydrogen (secondary N) is 1. The molecular formula is C22H29N3O3. The Morgan fingerprint density at radius 2 is 1.75 bits per heavy atom. The van der Waals surface area contributed by atoms with Crippen LogP contribution < -0.4 is 19.7 Å². The molecule has 1 N–H and O–H groups in total. The molecule has 2 aromatic rings. The third kappa shape index (κ3) is 5.16. The fourth-order valence-electron chi connectivity index (χ4n) is 3.20. The SMILES string of the molecule is CC[C@@H](Oc1cccc(OC)c1)C(=O)Nc1ccc(N2CCN(C)CC2)cc1. The molecule has 1 aliphatic rings. The van der Waals surface area contributed by atoms with E-state index in [2.05, 4.69) is 34.3 Å². The number of ether oxygens (including phenoxy) is 2. The number of amides is 1. The summed E-state index contributed by atoms with van der Waals surface area (Å²) in [7, 11) is 3.75. The Morgan fingerprint density at radius 3 is 2.39 bits per heavy atom. The van der Waals surface area contributed by atoms with Crippen LogP contribution in [0.25, 0.3) is 0 Å². The van der Waals surface area contributed by atoms with Crippen LogP contribution in [-0.4, -0.2) is 57.2 Å². The van der Waals surface area contributed by atoms with Crippen molar-refractivity contribution in [1.82, 2.24) is 4.90 Å². The van der Waals surface area contributed by atoms with Crippen LogP contribution in [0.3, 0.4) is 0 Å². The Morgan fingerprint density at radius 1 is 1.07 bits per heavy atom. The quantitative estimate of drug-likeness (QED) is 0.795. The lowest BCUT2D eigenvalue weighted by atomic mass is 10.2. The number of carbonyl (C=O) groups is 1. The van der Waals surface area contributed by atoms with Gasteiger partial charge in [0.15, 0.2) is 6.10 Å². The van der Waals surface area contributed by atoms with Crippen molar-refractivity contribution >= 4 is 17.3 Å². The van der Waals surface area contributed by atoms with Gasteiger partial charge in [0, 0.05) is 43.6 Å². The molecule has 1 saturated heterocycles. The second-order valence-electron chi connectivity index (χ2n) is 7.02. The van der Waals surface area contributed by atoms with Gasteiger partial charge in [-0.2, -0.15) is 0 Å². The Bertz CT molecular complexity index is 771. The minimum Gasteiger partial charge on any atom is -0.497 e. The summed E-state index contributed by atoms with van der Waals surface area (Å²) in [4.78, 5) is 17.3. The first-order valence-corrected chi connectivity index (χ1v) is 9.74. The molecule has 1 aliphatic heterocycles. The number of hydrogen-bond acceptors (Lipinski definition) is 5. The van der Waals surface area contributed by atoms with E-state index in [0.29, 0.717) is 17.9 Å². The summed E-state index contributed by atoms with van der Waals surface area (Å²) in [5, 5.41) is 2.96. The van der Waals surface area contributed by atoms with E-state index >= 15 is 0 Å². The second kappa shape index (κ2) is 9.46. The number of methoxy groups -OCH3 is 1. The van der Waals surface area contributed by atoms with E-state index in [-0.39, 0.29) is 5.91 Å². The molecular weight excluding hydrogens is 354 g/mol. The Kier molecular flexibility index (Phi) is 6.76. The number of anilines is 2. The molecule has 1 fully saturated rings. The third-order valence-electron chi connectivity index (χ3n) is 4.99. The molecule has 0 saturated carbocycles. The molecule has 3 rings (SSSR count). The van der Waals surface area contributed by atoms with Crippen LogP contribution in [0.15, 0.2) is 48.5 Å². The van der Waals surface area contributed by atoms with Crippen LogP contribution in [0.5, 0.6) is 11.5 Å². The van der Waals surface area contributed by atoms with Crippen molar-refractivity contribution in [3.05, 3.63) is 48.5 Å². The van der Waals surface area contributed by atoms with Gasteiger partial charge in [0.25, 0.3) is 5.91 Å². The first-order valence-electron chi connectivity index (χ1n) is 9.74. The van der Waals surface area contributed by atoms with Gasteiger partial charge in [-0.1, -0.05) is 13.0 Å². The number of benzene rings is 2. The van der Waals surface area contributed by atoms with Crippen LogP contribution in [0.2, 0.25) is 0 Å². The highest BCUT2D eigenvalue weighted by Gasteiger charge is 2.19. The lowest BCUT2D eigenvalue weighted by Crippen LogP contribution is -2.44. The Labute approximate surface area is 167 Å². The fourth-order valence-corrected chi connectivity index (χ4v) is 3.20. The van der Waals surface area contributed by atoms with Gasteiger partial charge in [0.1, 0.15) is 11.5 Å². The summed E-state index contributed by atoms with van der Waals surface area (Å²) >= 11 is 0. The Balaban J connectivity index is 1.59. The van der Waals surface area contributed by atoms with E-state index in [9.17, 15) is 4.79 Å². The summed E-state index contributed by atoms with van der Waals surface area (Å²) in [6, 6.07) is 15.3. The molecule has 1 heterocycles. The average molecular weight is 383 g/mol. The number of likely N-dealkylation sites (N-methyl/N-ethyl adjacent to an activating group) is 1. The van der Waals surface area contributed by atoms with E-state index in [1.807, 2.05) is 37.3 Å². The smallest absolute Gasteiger partial charge is 0.265 e. The van der Waals surface area contributed by atoms with E-state index in [0.717, 1.165) is 31.9 Å². The maximum absolute atomic E-state index is 12.6. The highest BCUT2D eigenvalue weighted by atomic mass is 16.5. The largest absolute Gasteiger partial charge is 0.497 e. The highest BCUT2D eigenvalue weighted by molar-refractivity contribution is 5.94. The average Bonchev–Trinajstić information content (AvgIpc) is 2.73. The number of rotatable bonds is 7. The molecule has 6 nitrogen and oxygen atoms in total. The first-order chi connectivity index (χ1) is 13.6. The maximum Gasteiger partial charge on any atom is 0.265 e. The minimum absolute atomic E-state index is 0.155. The molecule has 28 heavy (non-hydrogen) atoms. The van der Waals surface area contributed by atoms with Gasteiger partial charge in [0.05, 0.1) is 7.11 Å². The van der Waals surface area contributed by atoms with Crippen molar-refractivity contribution in [1.29, 1.82) is 0 Å². The van der Waals surface area contributed by atoms with Gasteiger partial charge >= 0.3 is 0 Å². The monoisotopic (exact) mass is 383 g/mol. The molecule has 1 amide bonds. The van der Waals surface area contributed by atoms with Crippen LogP contribution in [0.1, 0.15) is 13.3 Å². The van der Waals surface area contributed by atoms with Gasteiger partial charge in [0.2, 0.25) is 0 Å². The zero-order valence-corrected chi connectivity index (χ0v) is 16.9. The molecule has 0 spiro atoms. The van der Waals surface area contributed by atoms with Crippen molar-refractivity contribution in [2.45, 2.75) is 19.4 Å². The molecule has 2 aromatic carbocycles. The van der Waals surface area contributed by atoms with Gasteiger partial charge in [-0.05, 0) is 49.9 Å². The lowest BCUT2D eigenvalue weighted by Gasteiger charge is -2.34. The zero-order chi connectivity index (χ0) is 19.9. The standard InChI is InChI=1S/C22H29N3O3/c1-4-21(28-20-7-5-6-19(16-20)27-3)22(26)23-17-8-10-18(11-9-17)25-14-12-24(2)13-15-25/h5-11,16,21H,4,12-15H2,1-3H3,(H,23,26)/t21-/m1/s1. The van der Waals surface area contributed by atoms with Gasteiger partial charge in [-0.3, -0.25) is 4.79 Å². The van der Waals surface area contributed by atoms with E-state index in [1.165, 1.54) is 5.69 Å². The molecule has 0 bridgehead atoms. The second-order valence-corrected chi connectivity index (χ2v) is 7.02. The molecule has 0 aliphatic carbocycles.